The molecule has 0 N–H and O–H groups in total. The van der Waals surface area contributed by atoms with Crippen molar-refractivity contribution in [2.45, 2.75) is 0 Å². The summed E-state index contributed by atoms with van der Waals surface area (Å²) >= 11 is 0. The van der Waals surface area contributed by atoms with Crippen LogP contribution in [0.3, 0.4) is 0 Å². The van der Waals surface area contributed by atoms with Crippen LogP contribution in [-0.2, 0) is 0 Å². The van der Waals surface area contributed by atoms with Crippen molar-refractivity contribution in [1.29, 1.82) is 0 Å². The molecule has 9 aromatic carbocycles. The Labute approximate surface area is 316 Å². The first-order valence-electron chi connectivity index (χ1n) is 18.8. The van der Waals surface area contributed by atoms with Gasteiger partial charge in [-0.15, -0.1) is 0 Å². The quantitative estimate of drug-likeness (QED) is 0.179. The lowest BCUT2D eigenvalue weighted by Crippen LogP contribution is -1.95. The van der Waals surface area contributed by atoms with E-state index in [1.807, 2.05) is 12.1 Å². The van der Waals surface area contributed by atoms with Gasteiger partial charge in [-0.1, -0.05) is 115 Å². The molecule has 0 fully saturated rings. The Bertz CT molecular complexity index is 3490. The summed E-state index contributed by atoms with van der Waals surface area (Å²) in [5.41, 5.74) is 13.8. The van der Waals surface area contributed by atoms with Crippen LogP contribution in [0.4, 0.5) is 0 Å². The molecule has 3 nitrogen and oxygen atoms in total. The number of aromatic nitrogens is 2. The normalized spacial score (nSPS) is 12.0. The zero-order valence-electron chi connectivity index (χ0n) is 29.8. The summed E-state index contributed by atoms with van der Waals surface area (Å²) < 4.78 is 10.9. The Hall–Kier alpha value is -7.36. The number of hydrogen-bond donors (Lipinski definition) is 0. The van der Waals surface area contributed by atoms with Crippen molar-refractivity contribution in [2.24, 2.45) is 0 Å². The molecule has 0 aliphatic carbocycles. The van der Waals surface area contributed by atoms with E-state index < -0.39 is 0 Å². The second-order valence-electron chi connectivity index (χ2n) is 14.5. The van der Waals surface area contributed by atoms with Gasteiger partial charge in [0, 0.05) is 43.4 Å². The molecule has 0 saturated heterocycles. The molecule has 0 amide bonds. The number of rotatable bonds is 4. The molecule has 0 aliphatic rings. The van der Waals surface area contributed by atoms with Crippen molar-refractivity contribution in [3.63, 3.8) is 0 Å². The number of nitrogens with zero attached hydrogens (tertiary/aromatic N) is 2. The minimum Gasteiger partial charge on any atom is -0.456 e. The third-order valence-corrected chi connectivity index (χ3v) is 11.5. The van der Waals surface area contributed by atoms with Gasteiger partial charge >= 0.3 is 0 Å². The van der Waals surface area contributed by atoms with Crippen LogP contribution in [0, 0.1) is 0 Å². The van der Waals surface area contributed by atoms with Crippen LogP contribution in [0.5, 0.6) is 0 Å². The number of hydrogen-bond acceptors (Lipinski definition) is 1. The fraction of sp³-hybridized carbons (Fsp3) is 0. The van der Waals surface area contributed by atoms with Crippen LogP contribution in [0.2, 0.25) is 0 Å². The summed E-state index contributed by atoms with van der Waals surface area (Å²) in [7, 11) is 0. The third kappa shape index (κ3) is 4.50. The Kier molecular flexibility index (Phi) is 6.34. The summed E-state index contributed by atoms with van der Waals surface area (Å²) in [6.07, 6.45) is 0. The predicted octanol–water partition coefficient (Wildman–Crippen LogP) is 14.3. The van der Waals surface area contributed by atoms with Gasteiger partial charge in [-0.05, 0) is 107 Å². The van der Waals surface area contributed by atoms with Crippen molar-refractivity contribution >= 4 is 76.3 Å². The van der Waals surface area contributed by atoms with Gasteiger partial charge < -0.3 is 13.6 Å². The van der Waals surface area contributed by atoms with Gasteiger partial charge in [0.25, 0.3) is 0 Å². The molecule has 3 heterocycles. The van der Waals surface area contributed by atoms with E-state index in [1.54, 1.807) is 0 Å². The molecule has 55 heavy (non-hydrogen) atoms. The molecule has 0 radical (unpaired) electrons. The van der Waals surface area contributed by atoms with Crippen molar-refractivity contribution in [3.8, 4) is 33.6 Å². The summed E-state index contributed by atoms with van der Waals surface area (Å²) in [6.45, 7) is 0. The topological polar surface area (TPSA) is 23.0 Å². The molecule has 0 saturated carbocycles. The standard InChI is InChI=1S/C52H32N2O/c1-2-12-38(13-3-1)53-47-17-7-4-14-40(47)43-30-34(22-26-49(43)53)35-23-27-50-44(31-35)41-15-5-8-18-48(41)54(50)46-19-10-11-37-29-33(21-25-39(37)46)36-24-28-52-45(32-36)42-16-6-9-20-51(42)55-52/h1-32H. The van der Waals surface area contributed by atoms with E-state index in [1.165, 1.54) is 88.0 Å². The lowest BCUT2D eigenvalue weighted by molar-refractivity contribution is 0.669. The predicted molar refractivity (Wildman–Crippen MR) is 231 cm³/mol. The number of furan rings is 1. The molecule has 0 bridgehead atoms. The van der Waals surface area contributed by atoms with E-state index >= 15 is 0 Å². The summed E-state index contributed by atoms with van der Waals surface area (Å²) in [4.78, 5) is 0. The zero-order valence-corrected chi connectivity index (χ0v) is 29.8. The molecule has 12 rings (SSSR count). The van der Waals surface area contributed by atoms with Gasteiger partial charge in [0.1, 0.15) is 11.2 Å². The maximum absolute atomic E-state index is 6.12. The van der Waals surface area contributed by atoms with Gasteiger partial charge in [-0.3, -0.25) is 0 Å². The number of benzene rings is 9. The van der Waals surface area contributed by atoms with E-state index in [0.717, 1.165) is 21.9 Å². The number of fused-ring (bicyclic) bond motifs is 10. The van der Waals surface area contributed by atoms with E-state index in [9.17, 15) is 0 Å². The molecule has 0 atom stereocenters. The molecule has 0 spiro atoms. The van der Waals surface area contributed by atoms with Gasteiger partial charge in [0.15, 0.2) is 0 Å². The van der Waals surface area contributed by atoms with Crippen LogP contribution in [-0.4, -0.2) is 9.13 Å². The Balaban J connectivity index is 0.996. The lowest BCUT2D eigenvalue weighted by Gasteiger charge is -2.13. The van der Waals surface area contributed by atoms with E-state index in [-0.39, 0.29) is 0 Å². The highest BCUT2D eigenvalue weighted by molar-refractivity contribution is 6.14. The van der Waals surface area contributed by atoms with E-state index in [0.29, 0.717) is 0 Å². The molecule has 3 heteroatoms. The average Bonchev–Trinajstić information content (AvgIpc) is 3.90. The first-order valence-corrected chi connectivity index (χ1v) is 18.8. The van der Waals surface area contributed by atoms with Gasteiger partial charge in [-0.2, -0.15) is 0 Å². The minimum atomic E-state index is 0.916. The van der Waals surface area contributed by atoms with Gasteiger partial charge in [0.05, 0.1) is 27.8 Å². The first-order chi connectivity index (χ1) is 27.3. The summed E-state index contributed by atoms with van der Waals surface area (Å²) in [6, 6.07) is 70.4. The van der Waals surface area contributed by atoms with Gasteiger partial charge in [-0.25, -0.2) is 0 Å². The van der Waals surface area contributed by atoms with Gasteiger partial charge in [0.2, 0.25) is 0 Å². The fourth-order valence-electron chi connectivity index (χ4n) is 8.97. The van der Waals surface area contributed by atoms with Crippen LogP contribution in [0.15, 0.2) is 199 Å². The molecular formula is C52H32N2O. The Morgan fingerprint density at radius 3 is 1.56 bits per heavy atom. The molecular weight excluding hydrogens is 669 g/mol. The maximum Gasteiger partial charge on any atom is 0.135 e. The Morgan fingerprint density at radius 1 is 0.291 bits per heavy atom. The summed E-state index contributed by atoms with van der Waals surface area (Å²) in [5, 5.41) is 9.72. The zero-order chi connectivity index (χ0) is 36.0. The van der Waals surface area contributed by atoms with Crippen LogP contribution >= 0.6 is 0 Å². The number of para-hydroxylation sites is 4. The van der Waals surface area contributed by atoms with Crippen molar-refractivity contribution in [3.05, 3.63) is 194 Å². The molecule has 12 aromatic rings. The van der Waals surface area contributed by atoms with Crippen molar-refractivity contribution in [2.75, 3.05) is 0 Å². The minimum absolute atomic E-state index is 0.916. The van der Waals surface area contributed by atoms with Crippen LogP contribution in [0.1, 0.15) is 0 Å². The van der Waals surface area contributed by atoms with E-state index in [2.05, 4.69) is 191 Å². The SMILES string of the molecule is c1ccc(-n2c3ccccc3c3cc(-c4ccc5c(c4)c4ccccc4n5-c4cccc5cc(-c6ccc7oc8ccccc8c7c6)ccc45)ccc32)cc1. The smallest absolute Gasteiger partial charge is 0.135 e. The van der Waals surface area contributed by atoms with Crippen molar-refractivity contribution < 1.29 is 4.42 Å². The molecule has 3 aromatic heterocycles. The maximum atomic E-state index is 6.12. The monoisotopic (exact) mass is 700 g/mol. The highest BCUT2D eigenvalue weighted by atomic mass is 16.3. The fourth-order valence-corrected chi connectivity index (χ4v) is 8.97. The highest BCUT2D eigenvalue weighted by Gasteiger charge is 2.17. The third-order valence-electron chi connectivity index (χ3n) is 11.5. The second-order valence-corrected chi connectivity index (χ2v) is 14.5. The van der Waals surface area contributed by atoms with Crippen LogP contribution < -0.4 is 0 Å². The average molecular weight is 701 g/mol. The summed E-state index contributed by atoms with van der Waals surface area (Å²) in [5.74, 6) is 0. The highest BCUT2D eigenvalue weighted by Crippen LogP contribution is 2.40. The molecule has 0 aliphatic heterocycles. The lowest BCUT2D eigenvalue weighted by atomic mass is 9.98. The van der Waals surface area contributed by atoms with Crippen molar-refractivity contribution in [1.82, 2.24) is 9.13 Å². The molecule has 256 valence electrons. The second kappa shape index (κ2) is 11.6. The van der Waals surface area contributed by atoms with E-state index in [4.69, 9.17) is 4.42 Å². The van der Waals surface area contributed by atoms with Crippen LogP contribution in [0.25, 0.3) is 110 Å². The first kappa shape index (κ1) is 30.1. The Morgan fingerprint density at radius 2 is 0.818 bits per heavy atom. The molecule has 0 unspecified atom stereocenters. The largest absolute Gasteiger partial charge is 0.456 e.